The van der Waals surface area contributed by atoms with Crippen LogP contribution in [0, 0.1) is 0 Å². The van der Waals surface area contributed by atoms with Crippen molar-refractivity contribution < 1.29 is 13.9 Å². The van der Waals surface area contributed by atoms with Gasteiger partial charge in [0.05, 0.1) is 61.8 Å². The van der Waals surface area contributed by atoms with Gasteiger partial charge in [-0.05, 0) is 187 Å². The van der Waals surface area contributed by atoms with Gasteiger partial charge in [-0.1, -0.05) is 164 Å². The monoisotopic (exact) mass is 1260 g/mol. The Labute approximate surface area is 550 Å². The third-order valence-electron chi connectivity index (χ3n) is 19.1. The van der Waals surface area contributed by atoms with E-state index in [9.17, 15) is 0 Å². The predicted octanol–water partition coefficient (Wildman–Crippen LogP) is 20.8. The first-order valence-corrected chi connectivity index (χ1v) is 35.4. The average molecular weight is 1260 g/mol. The molecule has 19 rings (SSSR count). The molecule has 5 aliphatic heterocycles. The van der Waals surface area contributed by atoms with Crippen LogP contribution in [0.1, 0.15) is 0 Å². The van der Waals surface area contributed by atoms with E-state index in [-0.39, 0.29) is 0 Å². The zero-order chi connectivity index (χ0) is 62.9. The van der Waals surface area contributed by atoms with Crippen molar-refractivity contribution in [2.45, 2.75) is 0 Å². The molecule has 0 radical (unpaired) electrons. The highest BCUT2D eigenvalue weighted by Crippen LogP contribution is 2.66. The lowest BCUT2D eigenvalue weighted by atomic mass is 10.0. The maximum absolute atomic E-state index is 17.1. The molecule has 0 N–H and O–H groups in total. The summed E-state index contributed by atoms with van der Waals surface area (Å²) in [5, 5.41) is 4.76. The second-order valence-corrected chi connectivity index (χ2v) is 29.6. The van der Waals surface area contributed by atoms with Gasteiger partial charge in [-0.3, -0.25) is 0 Å². The van der Waals surface area contributed by atoms with Gasteiger partial charge in [0.15, 0.2) is 25.8 Å². The van der Waals surface area contributed by atoms with Crippen LogP contribution in [-0.4, -0.2) is 0 Å². The summed E-state index contributed by atoms with van der Waals surface area (Å²) in [6.07, 6.45) is 0. The molecule has 1 unspecified atom stereocenters. The molecular weight excluding hydrogens is 1200 g/mol. The Balaban J connectivity index is 0.749. The van der Waals surface area contributed by atoms with Crippen LogP contribution in [0.15, 0.2) is 340 Å². The summed E-state index contributed by atoms with van der Waals surface area (Å²) in [6, 6.07) is 118. The summed E-state index contributed by atoms with van der Waals surface area (Å²) in [5.74, 6) is 1.43. The number of nitrogens with zero attached hydrogens (tertiary/aromatic N) is 6. The van der Waals surface area contributed by atoms with Crippen LogP contribution in [0.5, 0.6) is 11.5 Å². The normalized spacial score (nSPS) is 15.2. The van der Waals surface area contributed by atoms with Crippen molar-refractivity contribution in [3.63, 3.8) is 0 Å². The molecule has 0 aromatic heterocycles. The van der Waals surface area contributed by atoms with Crippen molar-refractivity contribution in [1.82, 2.24) is 0 Å². The second-order valence-electron chi connectivity index (χ2n) is 24.3. The van der Waals surface area contributed by atoms with Gasteiger partial charge in [0.25, 0.3) is 0 Å². The first kappa shape index (κ1) is 54.8. The summed E-state index contributed by atoms with van der Waals surface area (Å²) in [7, 11) is -7.09. The first-order valence-electron chi connectivity index (χ1n) is 31.9. The highest BCUT2D eigenvalue weighted by molar-refractivity contribution is 7.87. The number of para-hydroxylation sites is 10. The Morgan fingerprint density at radius 2 is 0.621 bits per heavy atom. The second kappa shape index (κ2) is 21.4. The molecule has 5 heterocycles. The lowest BCUT2D eigenvalue weighted by Crippen LogP contribution is -2.43. The van der Waals surface area contributed by atoms with Gasteiger partial charge in [-0.15, -0.1) is 0 Å². The molecule has 450 valence electrons. The molecule has 0 saturated carbocycles. The molecule has 0 saturated heterocycles. The predicted molar refractivity (Wildman–Crippen MR) is 393 cm³/mol. The molecule has 95 heavy (non-hydrogen) atoms. The summed E-state index contributed by atoms with van der Waals surface area (Å²) in [6.45, 7) is 0. The number of rotatable bonds is 10. The average Bonchev–Trinajstić information content (AvgIpc) is 0.685. The maximum Gasteiger partial charge on any atom is 0.179 e. The fourth-order valence-electron chi connectivity index (χ4n) is 15.2. The number of benzene rings is 14. The summed E-state index contributed by atoms with van der Waals surface area (Å²) < 4.78 is 40.7. The van der Waals surface area contributed by atoms with Gasteiger partial charge in [0.1, 0.15) is 5.69 Å². The largest absolute Gasteiger partial charge is 0.453 e. The Bertz CT molecular complexity index is 5410. The van der Waals surface area contributed by atoms with Crippen LogP contribution >= 0.6 is 14.3 Å². The van der Waals surface area contributed by atoms with E-state index in [4.69, 9.17) is 4.74 Å². The van der Waals surface area contributed by atoms with E-state index in [1.54, 1.807) is 0 Å². The smallest absolute Gasteiger partial charge is 0.179 e. The fourth-order valence-corrected chi connectivity index (χ4v) is 21.8. The van der Waals surface area contributed by atoms with Gasteiger partial charge in [0, 0.05) is 66.7 Å². The number of hydrogen-bond acceptors (Lipinski definition) is 9. The van der Waals surface area contributed by atoms with Crippen molar-refractivity contribution in [2.24, 2.45) is 0 Å². The van der Waals surface area contributed by atoms with Crippen LogP contribution in [0.4, 0.5) is 102 Å². The van der Waals surface area contributed by atoms with Crippen molar-refractivity contribution in [3.8, 4) is 22.6 Å². The number of ether oxygens (including phenoxy) is 1. The van der Waals surface area contributed by atoms with Gasteiger partial charge < -0.3 is 43.3 Å². The minimum absolute atomic E-state index is 0.678. The minimum Gasteiger partial charge on any atom is -0.453 e. The number of anilines is 18. The molecule has 0 fully saturated rings. The van der Waals surface area contributed by atoms with E-state index in [0.717, 1.165) is 151 Å². The summed E-state index contributed by atoms with van der Waals surface area (Å²) in [5.41, 5.74) is 18.5. The number of fused-ring (bicyclic) bond motifs is 10. The molecule has 11 heteroatoms. The van der Waals surface area contributed by atoms with E-state index in [1.807, 2.05) is 72.8 Å². The van der Waals surface area contributed by atoms with Crippen LogP contribution < -0.4 is 66.0 Å². The molecule has 0 spiro atoms. The third-order valence-corrected chi connectivity index (χ3v) is 25.5. The van der Waals surface area contributed by atoms with Crippen molar-refractivity contribution in [1.29, 1.82) is 0 Å². The summed E-state index contributed by atoms with van der Waals surface area (Å²) >= 11 is 0. The topological polar surface area (TPSA) is 62.8 Å². The Kier molecular flexibility index (Phi) is 12.3. The standard InChI is InChI=1S/C84H56N6O3P2/c91-94-78-44-20-17-38-69(78)87(61-30-10-3-11-31-61)74-55-67(56-75(84(74)94)88(62-32-12-4-13-33-62)70-39-18-21-45-79(70)94)86(60-28-8-2-9-29-60)65-36-22-25-58(53-65)57-47-49-64(50-48-57)85(59-26-6-1-7-27-59)66-51-52-80-73(54-66)89(63-34-14-5-15-35-63)71-40-23-41-72-83(71)95(80,92)81-46-24-43-77-82(81)90(72)68-37-16-19-42-76(68)93-77/h1-56H. The molecule has 0 aliphatic carbocycles. The highest BCUT2D eigenvalue weighted by Gasteiger charge is 2.52. The molecule has 9 nitrogen and oxygen atoms in total. The van der Waals surface area contributed by atoms with Crippen molar-refractivity contribution >= 4 is 148 Å². The Morgan fingerprint density at radius 3 is 1.22 bits per heavy atom. The third kappa shape index (κ3) is 8.17. The van der Waals surface area contributed by atoms with Crippen LogP contribution in [0.25, 0.3) is 11.1 Å². The zero-order valence-corrected chi connectivity index (χ0v) is 52.9. The molecule has 1 atom stereocenters. The van der Waals surface area contributed by atoms with E-state index < -0.39 is 14.3 Å². The Morgan fingerprint density at radius 1 is 0.242 bits per heavy atom. The van der Waals surface area contributed by atoms with Gasteiger partial charge in [-0.2, -0.15) is 0 Å². The van der Waals surface area contributed by atoms with E-state index >= 15 is 9.13 Å². The molecule has 5 aliphatic rings. The van der Waals surface area contributed by atoms with E-state index in [0.29, 0.717) is 5.75 Å². The molecule has 0 bridgehead atoms. The lowest BCUT2D eigenvalue weighted by Gasteiger charge is -2.46. The quantitative estimate of drug-likeness (QED) is 0.125. The van der Waals surface area contributed by atoms with Crippen LogP contribution in [0.2, 0.25) is 0 Å². The van der Waals surface area contributed by atoms with Gasteiger partial charge in [0.2, 0.25) is 0 Å². The molecular formula is C84H56N6O3P2. The van der Waals surface area contributed by atoms with E-state index in [2.05, 4.69) is 296 Å². The van der Waals surface area contributed by atoms with Gasteiger partial charge >= 0.3 is 0 Å². The molecule has 14 aromatic carbocycles. The number of hydrogen-bond donors (Lipinski definition) is 0. The van der Waals surface area contributed by atoms with Crippen molar-refractivity contribution in [2.75, 3.05) is 29.4 Å². The Hall–Kier alpha value is -11.9. The molecule has 14 aromatic rings. The van der Waals surface area contributed by atoms with Crippen LogP contribution in [0.3, 0.4) is 0 Å². The zero-order valence-electron chi connectivity index (χ0n) is 51.1. The van der Waals surface area contributed by atoms with Gasteiger partial charge in [-0.25, -0.2) is 0 Å². The first-order chi connectivity index (χ1) is 46.9. The van der Waals surface area contributed by atoms with Crippen molar-refractivity contribution in [3.05, 3.63) is 340 Å². The SMILES string of the molecule is O=P12c3ccccc3N(c3ccccc3)c3cc(N(c4ccccc4)c4cccc(-c5ccc(N(c6ccccc6)c6ccc7c(c6)N(c6ccccc6)c6cccc8c6P7(=O)c6cccc7c6N8c6ccccc6O7)cc5)c4)cc(c31)N(c1ccccc1)c1ccccc12. The van der Waals surface area contributed by atoms with Crippen LogP contribution in [-0.2, 0) is 9.13 Å². The maximum atomic E-state index is 17.1. The summed E-state index contributed by atoms with van der Waals surface area (Å²) in [4.78, 5) is 13.8. The fraction of sp³-hybridized carbons (Fsp3) is 0. The van der Waals surface area contributed by atoms with E-state index in [1.165, 1.54) is 0 Å². The lowest BCUT2D eigenvalue weighted by molar-refractivity contribution is 0.477. The highest BCUT2D eigenvalue weighted by atomic mass is 31.2. The minimum atomic E-state index is -3.58. The molecule has 0 amide bonds.